The number of ketones is 1. The second-order valence-corrected chi connectivity index (χ2v) is 14.5. The van der Waals surface area contributed by atoms with Gasteiger partial charge in [0.1, 0.15) is 5.78 Å². The highest BCUT2D eigenvalue weighted by molar-refractivity contribution is 5.84. The summed E-state index contributed by atoms with van der Waals surface area (Å²) in [5.41, 5.74) is 1.29. The molecule has 8 unspecified atom stereocenters. The highest BCUT2D eigenvalue weighted by Crippen LogP contribution is 2.74. The molecule has 0 radical (unpaired) electrons. The average Bonchev–Trinajstić information content (AvgIpc) is 2.94. The second kappa shape index (κ2) is 7.87. The van der Waals surface area contributed by atoms with E-state index in [-0.39, 0.29) is 5.41 Å². The molecule has 4 fully saturated rings. The van der Waals surface area contributed by atoms with E-state index in [0.717, 1.165) is 24.2 Å². The molecular weight excluding hydrogens is 376 g/mol. The van der Waals surface area contributed by atoms with Gasteiger partial charge in [0, 0.05) is 12.3 Å². The molecule has 0 spiro atoms. The summed E-state index contributed by atoms with van der Waals surface area (Å²) in [5.74, 6) is 4.65. The average molecular weight is 429 g/mol. The van der Waals surface area contributed by atoms with Crippen LogP contribution < -0.4 is 0 Å². The highest BCUT2D eigenvalue weighted by Gasteiger charge is 2.69. The van der Waals surface area contributed by atoms with E-state index in [4.69, 9.17) is 0 Å². The van der Waals surface area contributed by atoms with Crippen LogP contribution in [0, 0.1) is 57.2 Å². The minimum Gasteiger partial charge on any atom is -0.299 e. The fourth-order valence-electron chi connectivity index (χ4n) is 10.2. The molecule has 0 aromatic rings. The van der Waals surface area contributed by atoms with Crippen LogP contribution in [0.3, 0.4) is 0 Å². The van der Waals surface area contributed by atoms with Crippen molar-refractivity contribution in [2.75, 3.05) is 0 Å². The minimum atomic E-state index is 0.222. The van der Waals surface area contributed by atoms with Gasteiger partial charge in [-0.15, -0.1) is 0 Å². The number of carbonyl (C=O) groups is 1. The molecule has 0 aromatic carbocycles. The third-order valence-electron chi connectivity index (χ3n) is 12.2. The Bertz CT molecular complexity index is 691. The van der Waals surface area contributed by atoms with Crippen LogP contribution in [0.15, 0.2) is 0 Å². The van der Waals surface area contributed by atoms with E-state index >= 15 is 0 Å². The van der Waals surface area contributed by atoms with Crippen LogP contribution in [0.4, 0.5) is 0 Å². The molecule has 4 aliphatic rings. The van der Waals surface area contributed by atoms with Crippen LogP contribution in [0.5, 0.6) is 0 Å². The zero-order chi connectivity index (χ0) is 22.8. The molecule has 1 nitrogen and oxygen atoms in total. The molecule has 4 rings (SSSR count). The molecule has 31 heavy (non-hydrogen) atoms. The Balaban J connectivity index is 1.60. The molecule has 0 aromatic heterocycles. The number of hydrogen-bond donors (Lipinski definition) is 0. The molecule has 4 saturated carbocycles. The Morgan fingerprint density at radius 1 is 0.871 bits per heavy atom. The molecular formula is C30H52O. The van der Waals surface area contributed by atoms with E-state index in [1.807, 2.05) is 0 Å². The van der Waals surface area contributed by atoms with Gasteiger partial charge >= 0.3 is 0 Å². The van der Waals surface area contributed by atoms with Gasteiger partial charge in [0.15, 0.2) is 0 Å². The van der Waals surface area contributed by atoms with Crippen molar-refractivity contribution < 1.29 is 4.79 Å². The summed E-state index contributed by atoms with van der Waals surface area (Å²) in [4.78, 5) is 13.9. The summed E-state index contributed by atoms with van der Waals surface area (Å²) in [6, 6.07) is 0. The standard InChI is InChI=1S/C30H52O/c1-20(2)11-9-12-21(3)22-13-18-30(8)26-23(14-17-29(22,30)7)28(6)16-10-15-27(4,5)25(28)19-24(26)31/h20-23,25-26H,9-19H2,1-8H3. The summed E-state index contributed by atoms with van der Waals surface area (Å²) in [6.45, 7) is 20.0. The maximum Gasteiger partial charge on any atom is 0.137 e. The van der Waals surface area contributed by atoms with Crippen molar-refractivity contribution in [3.8, 4) is 0 Å². The Morgan fingerprint density at radius 2 is 1.55 bits per heavy atom. The second-order valence-electron chi connectivity index (χ2n) is 14.5. The van der Waals surface area contributed by atoms with Gasteiger partial charge in [-0.25, -0.2) is 0 Å². The molecule has 0 amide bonds. The van der Waals surface area contributed by atoms with Crippen molar-refractivity contribution in [1.82, 2.24) is 0 Å². The van der Waals surface area contributed by atoms with Crippen molar-refractivity contribution in [1.29, 1.82) is 0 Å². The van der Waals surface area contributed by atoms with Crippen molar-refractivity contribution in [2.45, 2.75) is 126 Å². The first-order valence-electron chi connectivity index (χ1n) is 13.9. The van der Waals surface area contributed by atoms with E-state index in [2.05, 4.69) is 55.4 Å². The van der Waals surface area contributed by atoms with Crippen molar-refractivity contribution in [3.05, 3.63) is 0 Å². The van der Waals surface area contributed by atoms with E-state index in [1.54, 1.807) is 0 Å². The van der Waals surface area contributed by atoms with Crippen molar-refractivity contribution in [3.63, 3.8) is 0 Å². The number of carbonyl (C=O) groups excluding carboxylic acids is 1. The van der Waals surface area contributed by atoms with Gasteiger partial charge in [0.25, 0.3) is 0 Å². The topological polar surface area (TPSA) is 17.1 Å². The fourth-order valence-corrected chi connectivity index (χ4v) is 10.2. The van der Waals surface area contributed by atoms with E-state index in [9.17, 15) is 4.79 Å². The molecule has 0 saturated heterocycles. The summed E-state index contributed by atoms with van der Waals surface area (Å²) in [7, 11) is 0. The van der Waals surface area contributed by atoms with Crippen molar-refractivity contribution in [2.24, 2.45) is 57.2 Å². The molecule has 1 heteroatoms. The van der Waals surface area contributed by atoms with Crippen LogP contribution in [0.1, 0.15) is 126 Å². The summed E-state index contributed by atoms with van der Waals surface area (Å²) >= 11 is 0. The number of hydrogen-bond acceptors (Lipinski definition) is 1. The monoisotopic (exact) mass is 428 g/mol. The third-order valence-corrected chi connectivity index (χ3v) is 12.2. The van der Waals surface area contributed by atoms with Gasteiger partial charge in [-0.1, -0.05) is 81.1 Å². The lowest BCUT2D eigenvalue weighted by atomic mass is 9.38. The van der Waals surface area contributed by atoms with Crippen molar-refractivity contribution >= 4 is 5.78 Å². The molecule has 0 heterocycles. The van der Waals surface area contributed by atoms with Gasteiger partial charge in [0.2, 0.25) is 0 Å². The maximum absolute atomic E-state index is 13.9. The Hall–Kier alpha value is -0.330. The van der Waals surface area contributed by atoms with E-state index in [0.29, 0.717) is 39.8 Å². The number of Topliss-reactive ketones (excluding diaryl/α,β-unsaturated/α-hetero) is 1. The van der Waals surface area contributed by atoms with E-state index < -0.39 is 0 Å². The normalized spacial score (nSPS) is 47.6. The van der Waals surface area contributed by atoms with Crippen LogP contribution in [-0.2, 0) is 4.79 Å². The predicted octanol–water partition coefficient (Wildman–Crippen LogP) is 8.70. The first-order chi connectivity index (χ1) is 14.4. The lowest BCUT2D eigenvalue weighted by molar-refractivity contribution is -0.186. The van der Waals surface area contributed by atoms with Crippen LogP contribution in [-0.4, -0.2) is 5.78 Å². The zero-order valence-electron chi connectivity index (χ0n) is 22.2. The number of rotatable bonds is 5. The highest BCUT2D eigenvalue weighted by atomic mass is 16.1. The van der Waals surface area contributed by atoms with Gasteiger partial charge in [0.05, 0.1) is 0 Å². The summed E-state index contributed by atoms with van der Waals surface area (Å²) < 4.78 is 0. The van der Waals surface area contributed by atoms with Crippen LogP contribution in [0.2, 0.25) is 0 Å². The summed E-state index contributed by atoms with van der Waals surface area (Å²) in [6.07, 6.45) is 14.3. The third kappa shape index (κ3) is 3.49. The molecule has 4 aliphatic carbocycles. The van der Waals surface area contributed by atoms with Gasteiger partial charge in [-0.3, -0.25) is 4.79 Å². The Kier molecular flexibility index (Phi) is 6.05. The quantitative estimate of drug-likeness (QED) is 0.428. The molecule has 178 valence electrons. The Labute approximate surface area is 193 Å². The first-order valence-corrected chi connectivity index (χ1v) is 13.9. The van der Waals surface area contributed by atoms with Gasteiger partial charge in [-0.05, 0) is 89.8 Å². The van der Waals surface area contributed by atoms with Gasteiger partial charge < -0.3 is 0 Å². The maximum atomic E-state index is 13.9. The van der Waals surface area contributed by atoms with E-state index in [1.165, 1.54) is 64.2 Å². The lowest BCUT2D eigenvalue weighted by Gasteiger charge is -2.66. The molecule has 0 aliphatic heterocycles. The SMILES string of the molecule is CC(C)CCCC(C)C1CCC2(C)C3C(=O)CC4C(C)(C)CCCC4(C)C3CCC12C. The van der Waals surface area contributed by atoms with Crippen LogP contribution >= 0.6 is 0 Å². The zero-order valence-corrected chi connectivity index (χ0v) is 22.2. The predicted molar refractivity (Wildman–Crippen MR) is 132 cm³/mol. The smallest absolute Gasteiger partial charge is 0.137 e. The molecule has 0 N–H and O–H groups in total. The molecule has 0 bridgehead atoms. The lowest BCUT2D eigenvalue weighted by Crippen LogP contribution is -2.62. The fraction of sp³-hybridized carbons (Fsp3) is 0.967. The summed E-state index contributed by atoms with van der Waals surface area (Å²) in [5, 5.41) is 0. The number of fused-ring (bicyclic) bond motifs is 5. The van der Waals surface area contributed by atoms with Crippen LogP contribution in [0.25, 0.3) is 0 Å². The first kappa shape index (κ1) is 23.8. The Morgan fingerprint density at radius 3 is 2.23 bits per heavy atom. The minimum absolute atomic E-state index is 0.222. The molecule has 8 atom stereocenters. The van der Waals surface area contributed by atoms with Gasteiger partial charge in [-0.2, -0.15) is 0 Å². The largest absolute Gasteiger partial charge is 0.299 e.